The molecule has 0 spiro atoms. The van der Waals surface area contributed by atoms with E-state index >= 15 is 0 Å². The van der Waals surface area contributed by atoms with E-state index in [0.717, 1.165) is 73.5 Å². The van der Waals surface area contributed by atoms with E-state index in [0.29, 0.717) is 6.42 Å². The molecule has 4 heterocycles. The number of alkyl halides is 2. The Morgan fingerprint density at radius 2 is 1.41 bits per heavy atom. The van der Waals surface area contributed by atoms with E-state index < -0.39 is 19.1 Å². The second kappa shape index (κ2) is 20.1. The molecule has 246 valence electrons. The zero-order chi connectivity index (χ0) is 33.3. The van der Waals surface area contributed by atoms with Gasteiger partial charge in [0.05, 0.1) is 32.2 Å². The number of aliphatic carboxylic acids is 2. The van der Waals surface area contributed by atoms with Crippen molar-refractivity contribution in [2.45, 2.75) is 118 Å². The Kier molecular flexibility index (Phi) is 17.8. The molecule has 2 aromatic rings. The van der Waals surface area contributed by atoms with E-state index in [4.69, 9.17) is 16.6 Å². The van der Waals surface area contributed by atoms with Gasteiger partial charge in [-0.3, -0.25) is 14.0 Å². The fourth-order valence-corrected chi connectivity index (χ4v) is 4.98. The monoisotopic (exact) mass is 680 g/mol. The molecule has 8 nitrogen and oxygen atoms in total. The molecule has 2 aliphatic rings. The molecular formula is C34H53BrFN4O4+. The molecule has 0 aromatic carbocycles. The fourth-order valence-electron chi connectivity index (χ4n) is 4.58. The number of fused-ring (bicyclic) bond motifs is 2. The van der Waals surface area contributed by atoms with Gasteiger partial charge in [-0.1, -0.05) is 49.7 Å². The third kappa shape index (κ3) is 12.2. The Labute approximate surface area is 273 Å². The van der Waals surface area contributed by atoms with Crippen molar-refractivity contribution < 1.29 is 30.1 Å². The molecule has 44 heavy (non-hydrogen) atoms. The standard InChI is InChI=1S/C16H22N2O2.C10H12N2.C6H11BrO2.CH3F.CH4/c1-12-16(2,3)13-8-7-11-18(15(13)17-12)10-6-4-5-9-14(19)20;1-7-10(2,3)8-5-4-6-11-9(8)12-7;7-5-3-1-2-4-6(8)9;1-2;/h7-8,11H,4-6,9-10H2,1-3H3;4-6H,1-3H3;1-5H2,(H,8,9);1H3;1H4/p+1/i;;;1D;. The molecule has 2 aromatic heterocycles. The van der Waals surface area contributed by atoms with Gasteiger partial charge in [-0.25, -0.2) is 14.5 Å². The number of aromatic nitrogens is 2. The summed E-state index contributed by atoms with van der Waals surface area (Å²) in [7, 11) is -1.00. The van der Waals surface area contributed by atoms with Gasteiger partial charge >= 0.3 is 17.8 Å². The van der Waals surface area contributed by atoms with Crippen molar-refractivity contribution in [2.24, 2.45) is 9.98 Å². The van der Waals surface area contributed by atoms with E-state index in [1.165, 1.54) is 11.1 Å². The van der Waals surface area contributed by atoms with Crippen LogP contribution in [0.3, 0.4) is 0 Å². The molecule has 0 bridgehead atoms. The summed E-state index contributed by atoms with van der Waals surface area (Å²) in [4.78, 5) is 33.8. The summed E-state index contributed by atoms with van der Waals surface area (Å²) in [6.07, 6.45) is 10.0. The number of nitrogens with zero attached hydrogens (tertiary/aromatic N) is 4. The van der Waals surface area contributed by atoms with Crippen LogP contribution in [-0.4, -0.2) is 51.0 Å². The highest BCUT2D eigenvalue weighted by Crippen LogP contribution is 2.38. The van der Waals surface area contributed by atoms with Gasteiger partial charge in [0.2, 0.25) is 0 Å². The lowest BCUT2D eigenvalue weighted by atomic mass is 9.83. The number of carboxylic acids is 2. The number of carboxylic acid groups (broad SMARTS) is 2. The highest BCUT2D eigenvalue weighted by molar-refractivity contribution is 9.09. The van der Waals surface area contributed by atoms with Gasteiger partial charge < -0.3 is 10.2 Å². The molecule has 0 atom stereocenters. The van der Waals surface area contributed by atoms with Crippen LogP contribution in [-0.2, 0) is 27.0 Å². The van der Waals surface area contributed by atoms with Crippen LogP contribution in [0.4, 0.5) is 16.0 Å². The van der Waals surface area contributed by atoms with E-state index in [-0.39, 0.29) is 24.7 Å². The third-order valence-electron chi connectivity index (χ3n) is 7.85. The van der Waals surface area contributed by atoms with Crippen LogP contribution in [0.15, 0.2) is 46.6 Å². The fraction of sp³-hybridized carbons (Fsp3) is 0.588. The Balaban J connectivity index is 0.000000662. The Hall–Kier alpha value is -3.01. The molecular weight excluding hydrogens is 627 g/mol. The van der Waals surface area contributed by atoms with Crippen LogP contribution in [0.25, 0.3) is 0 Å². The number of hydrogen-bond acceptors (Lipinski definition) is 5. The Morgan fingerprint density at radius 1 is 0.886 bits per heavy atom. The minimum absolute atomic E-state index is 0. The molecule has 2 N–H and O–H groups in total. The summed E-state index contributed by atoms with van der Waals surface area (Å²) in [6, 6.07) is 8.29. The number of aryl methyl sites for hydroxylation is 1. The summed E-state index contributed by atoms with van der Waals surface area (Å²) in [6.45, 7) is 13.8. The largest absolute Gasteiger partial charge is 0.481 e. The Morgan fingerprint density at radius 3 is 1.95 bits per heavy atom. The van der Waals surface area contributed by atoms with Crippen LogP contribution in [0.5, 0.6) is 0 Å². The second-order valence-electron chi connectivity index (χ2n) is 11.6. The molecule has 2 aliphatic heterocycles. The highest BCUT2D eigenvalue weighted by atomic mass is 79.9. The number of hydrogen-bond donors (Lipinski definition) is 2. The second-order valence-corrected chi connectivity index (χ2v) is 12.3. The lowest BCUT2D eigenvalue weighted by molar-refractivity contribution is -0.684. The first-order chi connectivity index (χ1) is 20.7. The van der Waals surface area contributed by atoms with Gasteiger partial charge in [-0.15, -0.1) is 0 Å². The third-order valence-corrected chi connectivity index (χ3v) is 8.41. The minimum Gasteiger partial charge on any atom is -0.481 e. The first-order valence-corrected chi connectivity index (χ1v) is 15.8. The molecule has 10 heteroatoms. The van der Waals surface area contributed by atoms with Crippen molar-refractivity contribution in [2.75, 3.05) is 12.5 Å². The summed E-state index contributed by atoms with van der Waals surface area (Å²) in [5, 5.41) is 17.8. The molecule has 4 rings (SSSR count). The lowest BCUT2D eigenvalue weighted by Crippen LogP contribution is -2.34. The molecule has 0 radical (unpaired) electrons. The van der Waals surface area contributed by atoms with Crippen molar-refractivity contribution in [3.63, 3.8) is 0 Å². The zero-order valence-corrected chi connectivity index (χ0v) is 28.1. The first-order valence-electron chi connectivity index (χ1n) is 15.4. The first kappa shape index (κ1) is 39.0. The van der Waals surface area contributed by atoms with Crippen LogP contribution in [0, 0.1) is 0 Å². The van der Waals surface area contributed by atoms with Gasteiger partial charge in [-0.2, -0.15) is 0 Å². The number of rotatable bonds is 11. The predicted octanol–water partition coefficient (Wildman–Crippen LogP) is 8.72. The van der Waals surface area contributed by atoms with E-state index in [1.807, 2.05) is 6.07 Å². The average molecular weight is 682 g/mol. The maximum Gasteiger partial charge on any atom is 0.327 e. The Bertz CT molecular complexity index is 1280. The van der Waals surface area contributed by atoms with E-state index in [9.17, 15) is 14.0 Å². The zero-order valence-electron chi connectivity index (χ0n) is 27.5. The highest BCUT2D eigenvalue weighted by Gasteiger charge is 2.40. The predicted molar refractivity (Wildman–Crippen MR) is 182 cm³/mol. The molecule has 0 saturated carbocycles. The summed E-state index contributed by atoms with van der Waals surface area (Å²) in [5.74, 6) is 0.554. The van der Waals surface area contributed by atoms with Crippen molar-refractivity contribution in [1.29, 1.82) is 0 Å². The van der Waals surface area contributed by atoms with E-state index in [1.54, 1.807) is 6.20 Å². The maximum atomic E-state index is 10.5. The van der Waals surface area contributed by atoms with E-state index in [2.05, 4.69) is 96.4 Å². The molecule has 0 saturated heterocycles. The van der Waals surface area contributed by atoms with Crippen molar-refractivity contribution >= 4 is 50.9 Å². The number of aliphatic imine (C=N–C) groups is 2. The minimum atomic E-state index is -1.00. The van der Waals surface area contributed by atoms with Crippen LogP contribution in [0.1, 0.15) is 113 Å². The van der Waals surface area contributed by atoms with Crippen LogP contribution >= 0.6 is 15.9 Å². The van der Waals surface area contributed by atoms with Gasteiger partial charge in [0, 0.05) is 41.1 Å². The smallest absolute Gasteiger partial charge is 0.327 e. The lowest BCUT2D eigenvalue weighted by Gasteiger charge is -2.18. The molecule has 0 aliphatic carbocycles. The summed E-state index contributed by atoms with van der Waals surface area (Å²) >= 11 is 3.27. The SMILES string of the molecule is C.CC1=Nc2c(ccc[n+]2CCCCCC(=O)O)C1(C)C.CC1=Nc2ncccc2C1(C)C.O=C(O)CCCCCBr.[2H]CF. The van der Waals surface area contributed by atoms with Gasteiger partial charge in [0.15, 0.2) is 5.82 Å². The normalized spacial score (nSPS) is 14.7. The summed E-state index contributed by atoms with van der Waals surface area (Å²) < 4.78 is 17.7. The molecule has 0 unspecified atom stereocenters. The number of carbonyl (C=O) groups is 2. The molecule has 0 fully saturated rings. The van der Waals surface area contributed by atoms with Crippen molar-refractivity contribution in [1.82, 2.24) is 4.98 Å². The van der Waals surface area contributed by atoms with Crippen LogP contribution < -0.4 is 4.57 Å². The van der Waals surface area contributed by atoms with Gasteiger partial charge in [-0.05, 0) is 83.0 Å². The van der Waals surface area contributed by atoms with Crippen LogP contribution in [0.2, 0.25) is 0 Å². The topological polar surface area (TPSA) is 116 Å². The maximum absolute atomic E-state index is 10.5. The van der Waals surface area contributed by atoms with Crippen molar-refractivity contribution in [3.05, 3.63) is 47.8 Å². The molecule has 0 amide bonds. The number of halogens is 2. The van der Waals surface area contributed by atoms with Gasteiger partial charge in [0.25, 0.3) is 0 Å². The number of unbranched alkanes of at least 4 members (excludes halogenated alkanes) is 4. The summed E-state index contributed by atoms with van der Waals surface area (Å²) in [5.41, 5.74) is 4.91. The van der Waals surface area contributed by atoms with Gasteiger partial charge in [0.1, 0.15) is 5.71 Å². The quantitative estimate of drug-likeness (QED) is 0.140. The van der Waals surface area contributed by atoms with Crippen molar-refractivity contribution in [3.8, 4) is 0 Å². The number of pyridine rings is 2. The average Bonchev–Trinajstić information content (AvgIpc) is 3.34.